The molecule has 1 fully saturated rings. The molecule has 0 radical (unpaired) electrons. The van der Waals surface area contributed by atoms with Crippen LogP contribution in [0, 0.1) is 19.8 Å². The highest BCUT2D eigenvalue weighted by atomic mass is 35.5. The van der Waals surface area contributed by atoms with E-state index in [-0.39, 0.29) is 11.8 Å². The molecule has 4 rings (SSSR count). The van der Waals surface area contributed by atoms with Gasteiger partial charge in [-0.2, -0.15) is 0 Å². The topological polar surface area (TPSA) is 45.2 Å². The van der Waals surface area contributed by atoms with Crippen LogP contribution in [0.4, 0.5) is 5.13 Å². The lowest BCUT2D eigenvalue weighted by molar-refractivity contribution is -0.125. The van der Waals surface area contributed by atoms with E-state index in [0.717, 1.165) is 42.1 Å². The highest BCUT2D eigenvalue weighted by Gasteiger charge is 2.27. The first-order valence-corrected chi connectivity index (χ1v) is 10.8. The molecule has 0 aliphatic carbocycles. The molecule has 1 aliphatic rings. The zero-order valence-corrected chi connectivity index (χ0v) is 17.7. The van der Waals surface area contributed by atoms with Crippen LogP contribution >= 0.6 is 22.9 Å². The number of aryl methyl sites for hydroxylation is 2. The summed E-state index contributed by atoms with van der Waals surface area (Å²) in [7, 11) is 0. The molecule has 6 heteroatoms. The van der Waals surface area contributed by atoms with Crippen LogP contribution in [-0.4, -0.2) is 24.0 Å². The number of amides is 1. The number of hydrogen-bond donors (Lipinski definition) is 1. The zero-order chi connectivity index (χ0) is 19.7. The van der Waals surface area contributed by atoms with Gasteiger partial charge in [-0.1, -0.05) is 41.1 Å². The number of piperidine rings is 1. The Balaban J connectivity index is 1.44. The molecule has 1 saturated heterocycles. The van der Waals surface area contributed by atoms with Crippen molar-refractivity contribution in [1.82, 2.24) is 10.3 Å². The molecule has 1 aromatic heterocycles. The number of hydrogen-bond acceptors (Lipinski definition) is 4. The minimum absolute atomic E-state index is 0.0113. The van der Waals surface area contributed by atoms with Gasteiger partial charge < -0.3 is 10.2 Å². The van der Waals surface area contributed by atoms with Crippen LogP contribution in [0.3, 0.4) is 0 Å². The Morgan fingerprint density at radius 1 is 1.32 bits per heavy atom. The first kappa shape index (κ1) is 19.2. The van der Waals surface area contributed by atoms with Gasteiger partial charge in [0.1, 0.15) is 0 Å². The van der Waals surface area contributed by atoms with Crippen molar-refractivity contribution in [3.8, 4) is 0 Å². The van der Waals surface area contributed by atoms with E-state index in [1.54, 1.807) is 11.3 Å². The number of nitrogens with zero attached hydrogens (tertiary/aromatic N) is 2. The second kappa shape index (κ2) is 8.10. The van der Waals surface area contributed by atoms with Crippen LogP contribution in [-0.2, 0) is 11.3 Å². The van der Waals surface area contributed by atoms with Gasteiger partial charge in [0.25, 0.3) is 0 Å². The fourth-order valence-corrected chi connectivity index (χ4v) is 5.23. The number of nitrogens with one attached hydrogen (secondary N) is 1. The number of anilines is 1. The summed E-state index contributed by atoms with van der Waals surface area (Å²) < 4.78 is 1.22. The van der Waals surface area contributed by atoms with Crippen molar-refractivity contribution in [2.45, 2.75) is 33.2 Å². The standard InChI is InChI=1S/C22H24ClN3OS/c1-14-9-15(2)20-19(10-14)28-22(25-20)26-8-4-6-17(13-26)21(27)24-12-16-5-3-7-18(23)11-16/h3,5,7,9-11,17H,4,6,8,12-13H2,1-2H3,(H,24,27)/t17-/m1/s1. The number of halogens is 1. The largest absolute Gasteiger partial charge is 0.352 e. The van der Waals surface area contributed by atoms with Crippen LogP contribution in [0.25, 0.3) is 10.2 Å². The molecule has 3 aromatic rings. The smallest absolute Gasteiger partial charge is 0.225 e. The summed E-state index contributed by atoms with van der Waals surface area (Å²) in [5.41, 5.74) is 4.58. The van der Waals surface area contributed by atoms with Crippen LogP contribution < -0.4 is 10.2 Å². The van der Waals surface area contributed by atoms with Gasteiger partial charge in [0.05, 0.1) is 16.1 Å². The molecule has 0 spiro atoms. The summed E-state index contributed by atoms with van der Waals surface area (Å²) in [6, 6.07) is 12.0. The van der Waals surface area contributed by atoms with Crippen molar-refractivity contribution in [3.05, 3.63) is 58.1 Å². The van der Waals surface area contributed by atoms with Gasteiger partial charge in [0.2, 0.25) is 5.91 Å². The highest BCUT2D eigenvalue weighted by Crippen LogP contribution is 2.33. The maximum atomic E-state index is 12.7. The Bertz CT molecular complexity index is 1020. The van der Waals surface area contributed by atoms with Crippen LogP contribution in [0.5, 0.6) is 0 Å². The zero-order valence-electron chi connectivity index (χ0n) is 16.2. The monoisotopic (exact) mass is 413 g/mol. The highest BCUT2D eigenvalue weighted by molar-refractivity contribution is 7.22. The molecule has 146 valence electrons. The van der Waals surface area contributed by atoms with E-state index in [9.17, 15) is 4.79 Å². The van der Waals surface area contributed by atoms with Crippen molar-refractivity contribution >= 4 is 44.2 Å². The lowest BCUT2D eigenvalue weighted by atomic mass is 9.97. The van der Waals surface area contributed by atoms with Gasteiger partial charge in [-0.3, -0.25) is 4.79 Å². The van der Waals surface area contributed by atoms with E-state index in [1.807, 2.05) is 24.3 Å². The molecular formula is C22H24ClN3OS. The SMILES string of the molecule is Cc1cc(C)c2nc(N3CCC[C@@H](C(=O)NCc4cccc(Cl)c4)C3)sc2c1. The third-order valence-electron chi connectivity index (χ3n) is 5.24. The van der Waals surface area contributed by atoms with Crippen molar-refractivity contribution in [1.29, 1.82) is 0 Å². The Morgan fingerprint density at radius 3 is 3.00 bits per heavy atom. The van der Waals surface area contributed by atoms with E-state index in [1.165, 1.54) is 15.8 Å². The van der Waals surface area contributed by atoms with Gasteiger partial charge in [-0.15, -0.1) is 0 Å². The molecule has 0 bridgehead atoms. The predicted molar refractivity (Wildman–Crippen MR) is 117 cm³/mol. The number of carbonyl (C=O) groups is 1. The number of fused-ring (bicyclic) bond motifs is 1. The molecule has 2 heterocycles. The van der Waals surface area contributed by atoms with E-state index >= 15 is 0 Å². The molecule has 1 aliphatic heterocycles. The van der Waals surface area contributed by atoms with Crippen molar-refractivity contribution in [2.75, 3.05) is 18.0 Å². The lowest BCUT2D eigenvalue weighted by Gasteiger charge is -2.31. The average Bonchev–Trinajstić information content (AvgIpc) is 3.11. The first-order chi connectivity index (χ1) is 13.5. The van der Waals surface area contributed by atoms with Gasteiger partial charge >= 0.3 is 0 Å². The maximum Gasteiger partial charge on any atom is 0.225 e. The van der Waals surface area contributed by atoms with Gasteiger partial charge in [0, 0.05) is 24.7 Å². The van der Waals surface area contributed by atoms with Crippen molar-refractivity contribution in [2.24, 2.45) is 5.92 Å². The summed E-state index contributed by atoms with van der Waals surface area (Å²) >= 11 is 7.75. The molecule has 4 nitrogen and oxygen atoms in total. The molecule has 0 unspecified atom stereocenters. The van der Waals surface area contributed by atoms with Crippen LogP contribution in [0.1, 0.15) is 29.5 Å². The van der Waals surface area contributed by atoms with E-state index in [2.05, 4.69) is 36.2 Å². The molecule has 1 amide bonds. The fraction of sp³-hybridized carbons (Fsp3) is 0.364. The fourth-order valence-electron chi connectivity index (χ4n) is 3.84. The summed E-state index contributed by atoms with van der Waals surface area (Å²) in [6.45, 7) is 6.42. The predicted octanol–water partition coefficient (Wildman–Crippen LogP) is 5.10. The Kier molecular flexibility index (Phi) is 5.56. The summed E-state index contributed by atoms with van der Waals surface area (Å²) in [6.07, 6.45) is 1.92. The summed E-state index contributed by atoms with van der Waals surface area (Å²) in [5, 5.41) is 4.79. The van der Waals surface area contributed by atoms with Crippen LogP contribution in [0.15, 0.2) is 36.4 Å². The Hall–Kier alpha value is -2.11. The van der Waals surface area contributed by atoms with E-state index in [4.69, 9.17) is 16.6 Å². The Morgan fingerprint density at radius 2 is 2.18 bits per heavy atom. The number of thiazole rings is 1. The number of carbonyl (C=O) groups excluding carboxylic acids is 1. The Labute approximate surface area is 174 Å². The third kappa shape index (κ3) is 4.15. The number of benzene rings is 2. The lowest BCUT2D eigenvalue weighted by Crippen LogP contribution is -2.42. The third-order valence-corrected chi connectivity index (χ3v) is 6.54. The maximum absolute atomic E-state index is 12.7. The molecule has 1 N–H and O–H groups in total. The second-order valence-electron chi connectivity index (χ2n) is 7.56. The summed E-state index contributed by atoms with van der Waals surface area (Å²) in [4.78, 5) is 19.9. The van der Waals surface area contributed by atoms with Gasteiger partial charge in [-0.05, 0) is 61.6 Å². The van der Waals surface area contributed by atoms with E-state index < -0.39 is 0 Å². The van der Waals surface area contributed by atoms with Gasteiger partial charge in [0.15, 0.2) is 5.13 Å². The normalized spacial score (nSPS) is 17.1. The summed E-state index contributed by atoms with van der Waals surface area (Å²) in [5.74, 6) is 0.0978. The molecule has 0 saturated carbocycles. The first-order valence-electron chi connectivity index (χ1n) is 9.64. The molecule has 2 aromatic carbocycles. The number of rotatable bonds is 4. The second-order valence-corrected chi connectivity index (χ2v) is 9.00. The van der Waals surface area contributed by atoms with Gasteiger partial charge in [-0.25, -0.2) is 4.98 Å². The van der Waals surface area contributed by atoms with E-state index in [0.29, 0.717) is 11.6 Å². The average molecular weight is 414 g/mol. The van der Waals surface area contributed by atoms with Crippen LogP contribution in [0.2, 0.25) is 5.02 Å². The number of aromatic nitrogens is 1. The van der Waals surface area contributed by atoms with Crippen molar-refractivity contribution in [3.63, 3.8) is 0 Å². The minimum atomic E-state index is -0.0113. The molecule has 28 heavy (non-hydrogen) atoms. The van der Waals surface area contributed by atoms with Crippen molar-refractivity contribution < 1.29 is 4.79 Å². The molecule has 1 atom stereocenters. The molecular weight excluding hydrogens is 390 g/mol. The minimum Gasteiger partial charge on any atom is -0.352 e. The quantitative estimate of drug-likeness (QED) is 0.647.